The first kappa shape index (κ1) is 22.4. The van der Waals surface area contributed by atoms with Crippen molar-refractivity contribution in [1.82, 2.24) is 24.8 Å². The lowest BCUT2D eigenvalue weighted by Gasteiger charge is -2.36. The van der Waals surface area contributed by atoms with Crippen LogP contribution in [0.5, 0.6) is 0 Å². The lowest BCUT2D eigenvalue weighted by Crippen LogP contribution is -2.39. The van der Waals surface area contributed by atoms with Crippen molar-refractivity contribution >= 4 is 23.5 Å². The molecule has 1 amide bonds. The molecule has 0 radical (unpaired) electrons. The van der Waals surface area contributed by atoms with E-state index < -0.39 is 0 Å². The number of nitrogens with zero attached hydrogens (tertiary/aromatic N) is 5. The van der Waals surface area contributed by atoms with Crippen molar-refractivity contribution in [2.24, 2.45) is 0 Å². The van der Waals surface area contributed by atoms with Crippen LogP contribution in [0.25, 0.3) is 11.1 Å². The van der Waals surface area contributed by atoms with Gasteiger partial charge in [-0.1, -0.05) is 18.2 Å². The summed E-state index contributed by atoms with van der Waals surface area (Å²) in [6, 6.07) is 14.9. The molecular formula is C26H24FN7O. The fourth-order valence-electron chi connectivity index (χ4n) is 4.36. The van der Waals surface area contributed by atoms with E-state index in [2.05, 4.69) is 25.3 Å². The minimum atomic E-state index is -0.324. The minimum Gasteiger partial charge on any atom is -0.368 e. The molecule has 2 aromatic carbocycles. The fourth-order valence-corrected chi connectivity index (χ4v) is 4.36. The van der Waals surface area contributed by atoms with Crippen LogP contribution < -0.4 is 11.1 Å². The number of likely N-dealkylation sites (tertiary alicyclic amines) is 1. The van der Waals surface area contributed by atoms with Crippen molar-refractivity contribution in [3.8, 4) is 11.1 Å². The largest absolute Gasteiger partial charge is 0.368 e. The van der Waals surface area contributed by atoms with Crippen molar-refractivity contribution in [3.05, 3.63) is 90.3 Å². The highest BCUT2D eigenvalue weighted by Crippen LogP contribution is 2.37. The van der Waals surface area contributed by atoms with Gasteiger partial charge in [-0.3, -0.25) is 4.79 Å². The minimum absolute atomic E-state index is 0.102. The number of nitrogens with one attached hydrogen (secondary N) is 1. The molecule has 2 aromatic heterocycles. The monoisotopic (exact) mass is 469 g/mol. The molecular weight excluding hydrogens is 445 g/mol. The number of aromatic nitrogens is 4. The van der Waals surface area contributed by atoms with Crippen molar-refractivity contribution in [1.29, 1.82) is 0 Å². The Balaban J connectivity index is 1.47. The highest BCUT2D eigenvalue weighted by molar-refractivity contribution is 5.95. The normalized spacial score (nSPS) is 15.6. The van der Waals surface area contributed by atoms with Crippen LogP contribution in [-0.4, -0.2) is 37.3 Å². The molecule has 1 aliphatic heterocycles. The Bertz CT molecular complexity index is 1330. The fraction of sp³-hybridized carbons (Fsp3) is 0.192. The number of anilines is 3. The summed E-state index contributed by atoms with van der Waals surface area (Å²) >= 11 is 0. The topological polar surface area (TPSA) is 110 Å². The van der Waals surface area contributed by atoms with Crippen LogP contribution in [-0.2, 0) is 0 Å². The zero-order valence-electron chi connectivity index (χ0n) is 18.9. The van der Waals surface area contributed by atoms with Gasteiger partial charge >= 0.3 is 0 Å². The maximum Gasteiger partial charge on any atom is 0.254 e. The number of hydrogen-bond acceptors (Lipinski definition) is 7. The number of rotatable bonds is 5. The van der Waals surface area contributed by atoms with Gasteiger partial charge in [0.1, 0.15) is 5.82 Å². The van der Waals surface area contributed by atoms with Gasteiger partial charge < -0.3 is 16.0 Å². The van der Waals surface area contributed by atoms with Gasteiger partial charge in [-0.05, 0) is 61.2 Å². The highest BCUT2D eigenvalue weighted by atomic mass is 19.1. The zero-order valence-corrected chi connectivity index (χ0v) is 18.9. The van der Waals surface area contributed by atoms with Crippen LogP contribution >= 0.6 is 0 Å². The van der Waals surface area contributed by atoms with E-state index in [1.54, 1.807) is 48.9 Å². The summed E-state index contributed by atoms with van der Waals surface area (Å²) in [7, 11) is 0. The van der Waals surface area contributed by atoms with E-state index in [9.17, 15) is 9.18 Å². The molecule has 3 N–H and O–H groups in total. The van der Waals surface area contributed by atoms with Gasteiger partial charge in [0.2, 0.25) is 11.9 Å². The lowest BCUT2D eigenvalue weighted by atomic mass is 9.93. The molecule has 0 unspecified atom stereocenters. The second-order valence-electron chi connectivity index (χ2n) is 8.32. The smallest absolute Gasteiger partial charge is 0.254 e. The standard InChI is InChI=1S/C26H24FN7O/c27-19-10-8-17(9-11-19)21-16-31-25(28)33-23(21)22-7-1-2-14-34(22)24(35)18-5-3-6-20(15-18)32-26-29-12-4-13-30-26/h3-6,8-13,15-16,22H,1-2,7,14H2,(H2,28,31,33)(H,29,30,32)/t22-/m0/s1. The van der Waals surface area contributed by atoms with Crippen LogP contribution in [0.3, 0.4) is 0 Å². The summed E-state index contributed by atoms with van der Waals surface area (Å²) in [5.41, 5.74) is 9.40. The molecule has 1 saturated heterocycles. The lowest BCUT2D eigenvalue weighted by molar-refractivity contribution is 0.0607. The Morgan fingerprint density at radius 3 is 2.63 bits per heavy atom. The van der Waals surface area contributed by atoms with Gasteiger partial charge in [0.15, 0.2) is 0 Å². The molecule has 3 heterocycles. The van der Waals surface area contributed by atoms with Crippen molar-refractivity contribution in [2.75, 3.05) is 17.6 Å². The van der Waals surface area contributed by atoms with E-state index in [4.69, 9.17) is 5.73 Å². The molecule has 0 saturated carbocycles. The molecule has 0 bridgehead atoms. The second kappa shape index (κ2) is 9.84. The third-order valence-electron chi connectivity index (χ3n) is 6.00. The molecule has 9 heteroatoms. The third kappa shape index (κ3) is 4.93. The molecule has 5 rings (SSSR count). The number of nitrogen functional groups attached to an aromatic ring is 1. The predicted octanol–water partition coefficient (Wildman–Crippen LogP) is 4.77. The summed E-state index contributed by atoms with van der Waals surface area (Å²) < 4.78 is 13.5. The van der Waals surface area contributed by atoms with Crippen molar-refractivity contribution in [3.63, 3.8) is 0 Å². The number of hydrogen-bond donors (Lipinski definition) is 2. The van der Waals surface area contributed by atoms with E-state index in [1.807, 2.05) is 17.0 Å². The second-order valence-corrected chi connectivity index (χ2v) is 8.32. The number of carbonyl (C=O) groups excluding carboxylic acids is 1. The molecule has 35 heavy (non-hydrogen) atoms. The molecule has 0 aliphatic carbocycles. The van der Waals surface area contributed by atoms with E-state index >= 15 is 0 Å². The van der Waals surface area contributed by atoms with Crippen LogP contribution in [0.15, 0.2) is 73.2 Å². The Hall–Kier alpha value is -4.40. The van der Waals surface area contributed by atoms with Crippen molar-refractivity contribution < 1.29 is 9.18 Å². The summed E-state index contributed by atoms with van der Waals surface area (Å²) in [6.45, 7) is 0.593. The Labute approximate surface area is 202 Å². The van der Waals surface area contributed by atoms with E-state index in [0.29, 0.717) is 29.4 Å². The van der Waals surface area contributed by atoms with Gasteiger partial charge in [-0.15, -0.1) is 0 Å². The van der Waals surface area contributed by atoms with Crippen molar-refractivity contribution in [2.45, 2.75) is 25.3 Å². The van der Waals surface area contributed by atoms with E-state index in [-0.39, 0.29) is 23.7 Å². The molecule has 0 spiro atoms. The predicted molar refractivity (Wildman–Crippen MR) is 131 cm³/mol. The molecule has 176 valence electrons. The zero-order chi connectivity index (χ0) is 24.2. The Kier molecular flexibility index (Phi) is 6.30. The first-order chi connectivity index (χ1) is 17.1. The highest BCUT2D eigenvalue weighted by Gasteiger charge is 2.32. The number of piperidine rings is 1. The third-order valence-corrected chi connectivity index (χ3v) is 6.00. The molecule has 1 fully saturated rings. The summed E-state index contributed by atoms with van der Waals surface area (Å²) in [5.74, 6) is 0.163. The van der Waals surface area contributed by atoms with Crippen LogP contribution in [0.2, 0.25) is 0 Å². The quantitative estimate of drug-likeness (QED) is 0.433. The molecule has 1 aliphatic rings. The van der Waals surface area contributed by atoms with Crippen LogP contribution in [0.4, 0.5) is 22.0 Å². The maximum atomic E-state index is 13.7. The maximum absolute atomic E-state index is 13.7. The van der Waals surface area contributed by atoms with Gasteiger partial charge in [-0.25, -0.2) is 24.3 Å². The van der Waals surface area contributed by atoms with Gasteiger partial charge in [0, 0.05) is 41.9 Å². The Morgan fingerprint density at radius 2 is 1.83 bits per heavy atom. The van der Waals surface area contributed by atoms with Crippen LogP contribution in [0.1, 0.15) is 41.4 Å². The number of amides is 1. The molecule has 1 atom stereocenters. The van der Waals surface area contributed by atoms with Gasteiger partial charge in [-0.2, -0.15) is 0 Å². The average molecular weight is 470 g/mol. The van der Waals surface area contributed by atoms with Gasteiger partial charge in [0.05, 0.1) is 11.7 Å². The van der Waals surface area contributed by atoms with E-state index in [0.717, 1.165) is 30.4 Å². The summed E-state index contributed by atoms with van der Waals surface area (Å²) in [5, 5.41) is 3.13. The number of carbonyl (C=O) groups is 1. The number of benzene rings is 2. The van der Waals surface area contributed by atoms with Crippen LogP contribution in [0, 0.1) is 5.82 Å². The Morgan fingerprint density at radius 1 is 1.03 bits per heavy atom. The molecule has 4 aromatic rings. The molecule has 8 nitrogen and oxygen atoms in total. The first-order valence-corrected chi connectivity index (χ1v) is 11.4. The first-order valence-electron chi connectivity index (χ1n) is 11.4. The van der Waals surface area contributed by atoms with E-state index in [1.165, 1.54) is 12.1 Å². The summed E-state index contributed by atoms with van der Waals surface area (Å²) in [4.78, 5) is 32.6. The van der Waals surface area contributed by atoms with Gasteiger partial charge in [0.25, 0.3) is 5.91 Å². The SMILES string of the molecule is Nc1ncc(-c2ccc(F)cc2)c([C@@H]2CCCCN2C(=O)c2cccc(Nc3ncccn3)c2)n1. The average Bonchev–Trinajstić information content (AvgIpc) is 2.89. The number of halogens is 1. The summed E-state index contributed by atoms with van der Waals surface area (Å²) in [6.07, 6.45) is 7.53. The number of nitrogens with two attached hydrogens (primary N) is 1.